The van der Waals surface area contributed by atoms with E-state index in [1.54, 1.807) is 0 Å². The molecule has 3 heteroatoms. The summed E-state index contributed by atoms with van der Waals surface area (Å²) in [6.07, 6.45) is 12.1. The molecule has 0 aromatic heterocycles. The molecular formula is C16H31NO2. The minimum Gasteiger partial charge on any atom is -0.394 e. The molecular weight excluding hydrogens is 238 g/mol. The van der Waals surface area contributed by atoms with E-state index < -0.39 is 5.54 Å². The first kappa shape index (κ1) is 15.3. The Hall–Kier alpha value is -0.120. The molecule has 2 saturated carbocycles. The Balaban J connectivity index is 1.98. The highest BCUT2D eigenvalue weighted by Gasteiger charge is 2.36. The molecule has 2 unspecified atom stereocenters. The molecule has 0 spiro atoms. The van der Waals surface area contributed by atoms with Crippen molar-refractivity contribution in [3.8, 4) is 0 Å². The lowest BCUT2D eigenvalue weighted by Gasteiger charge is -2.43. The zero-order valence-corrected chi connectivity index (χ0v) is 12.4. The summed E-state index contributed by atoms with van der Waals surface area (Å²) in [5.41, 5.74) is -0.519. The molecule has 0 aromatic rings. The van der Waals surface area contributed by atoms with Gasteiger partial charge in [0.1, 0.15) is 0 Å². The SMILES string of the molecule is CC(CO)(CO)NC1CCCCC1C1CCCCC1. The Bertz CT molecular complexity index is 259. The van der Waals surface area contributed by atoms with Gasteiger partial charge in [0.05, 0.1) is 18.8 Å². The van der Waals surface area contributed by atoms with Gasteiger partial charge in [-0.2, -0.15) is 0 Å². The average Bonchev–Trinajstić information content (AvgIpc) is 2.48. The van der Waals surface area contributed by atoms with Crippen molar-refractivity contribution < 1.29 is 10.2 Å². The lowest BCUT2D eigenvalue weighted by atomic mass is 9.70. The fourth-order valence-electron chi connectivity index (χ4n) is 4.05. The van der Waals surface area contributed by atoms with Crippen LogP contribution in [-0.4, -0.2) is 35.0 Å². The van der Waals surface area contributed by atoms with Gasteiger partial charge < -0.3 is 15.5 Å². The lowest BCUT2D eigenvalue weighted by Crippen LogP contribution is -2.57. The Kier molecular flexibility index (Phi) is 5.67. The number of rotatable bonds is 5. The molecule has 0 bridgehead atoms. The van der Waals surface area contributed by atoms with Crippen molar-refractivity contribution in [2.24, 2.45) is 11.8 Å². The van der Waals surface area contributed by atoms with Gasteiger partial charge in [0, 0.05) is 6.04 Å². The van der Waals surface area contributed by atoms with E-state index in [2.05, 4.69) is 5.32 Å². The van der Waals surface area contributed by atoms with Gasteiger partial charge in [-0.1, -0.05) is 44.9 Å². The van der Waals surface area contributed by atoms with Gasteiger partial charge in [-0.25, -0.2) is 0 Å². The predicted octanol–water partition coefficient (Wildman–Crippen LogP) is 2.46. The fraction of sp³-hybridized carbons (Fsp3) is 1.00. The standard InChI is InChI=1S/C16H31NO2/c1-16(11-18,12-19)17-15-10-6-5-9-14(15)13-7-3-2-4-8-13/h13-15,17-19H,2-12H2,1H3. The van der Waals surface area contributed by atoms with E-state index in [0.29, 0.717) is 6.04 Å². The summed E-state index contributed by atoms with van der Waals surface area (Å²) in [7, 11) is 0. The topological polar surface area (TPSA) is 52.5 Å². The van der Waals surface area contributed by atoms with Crippen molar-refractivity contribution in [3.05, 3.63) is 0 Å². The van der Waals surface area contributed by atoms with Gasteiger partial charge in [-0.05, 0) is 31.6 Å². The van der Waals surface area contributed by atoms with E-state index in [9.17, 15) is 10.2 Å². The van der Waals surface area contributed by atoms with Gasteiger partial charge >= 0.3 is 0 Å². The molecule has 0 heterocycles. The van der Waals surface area contributed by atoms with E-state index in [1.165, 1.54) is 57.8 Å². The second kappa shape index (κ2) is 7.05. The van der Waals surface area contributed by atoms with Crippen LogP contribution in [0.1, 0.15) is 64.7 Å². The first-order valence-corrected chi connectivity index (χ1v) is 8.18. The Labute approximate surface area is 117 Å². The van der Waals surface area contributed by atoms with Crippen LogP contribution in [0.25, 0.3) is 0 Å². The maximum atomic E-state index is 9.49. The molecule has 2 rings (SSSR count). The maximum absolute atomic E-state index is 9.49. The van der Waals surface area contributed by atoms with Gasteiger partial charge in [-0.3, -0.25) is 0 Å². The van der Waals surface area contributed by atoms with E-state index in [-0.39, 0.29) is 13.2 Å². The van der Waals surface area contributed by atoms with Crippen LogP contribution in [0.4, 0.5) is 0 Å². The second-order valence-corrected chi connectivity index (χ2v) is 6.97. The number of aliphatic hydroxyl groups is 2. The molecule has 112 valence electrons. The third kappa shape index (κ3) is 3.93. The van der Waals surface area contributed by atoms with Crippen LogP contribution in [0.3, 0.4) is 0 Å². The zero-order valence-electron chi connectivity index (χ0n) is 12.4. The van der Waals surface area contributed by atoms with Crippen LogP contribution in [0, 0.1) is 11.8 Å². The quantitative estimate of drug-likeness (QED) is 0.718. The van der Waals surface area contributed by atoms with Crippen LogP contribution in [0.5, 0.6) is 0 Å². The largest absolute Gasteiger partial charge is 0.394 e. The fourth-order valence-corrected chi connectivity index (χ4v) is 4.05. The minimum atomic E-state index is -0.519. The molecule has 2 atom stereocenters. The summed E-state index contributed by atoms with van der Waals surface area (Å²) in [5.74, 6) is 1.62. The van der Waals surface area contributed by atoms with Gasteiger partial charge in [-0.15, -0.1) is 0 Å². The first-order chi connectivity index (χ1) is 9.18. The van der Waals surface area contributed by atoms with E-state index in [1.807, 2.05) is 6.92 Å². The predicted molar refractivity (Wildman–Crippen MR) is 78.0 cm³/mol. The highest BCUT2D eigenvalue weighted by molar-refractivity contribution is 4.93. The Morgan fingerprint density at radius 2 is 1.47 bits per heavy atom. The lowest BCUT2D eigenvalue weighted by molar-refractivity contribution is 0.0605. The summed E-state index contributed by atoms with van der Waals surface area (Å²) in [6.45, 7) is 1.95. The van der Waals surface area contributed by atoms with Crippen LogP contribution >= 0.6 is 0 Å². The smallest absolute Gasteiger partial charge is 0.0633 e. The monoisotopic (exact) mass is 269 g/mol. The molecule has 2 aliphatic rings. The molecule has 3 nitrogen and oxygen atoms in total. The number of hydrogen-bond acceptors (Lipinski definition) is 3. The molecule has 0 amide bonds. The van der Waals surface area contributed by atoms with Crippen molar-refractivity contribution >= 4 is 0 Å². The highest BCUT2D eigenvalue weighted by atomic mass is 16.3. The average molecular weight is 269 g/mol. The Morgan fingerprint density at radius 3 is 2.11 bits per heavy atom. The van der Waals surface area contributed by atoms with Crippen molar-refractivity contribution in [1.82, 2.24) is 5.32 Å². The molecule has 0 aromatic carbocycles. The van der Waals surface area contributed by atoms with Gasteiger partial charge in [0.15, 0.2) is 0 Å². The summed E-state index contributed by atoms with van der Waals surface area (Å²) in [6, 6.07) is 0.487. The summed E-state index contributed by atoms with van der Waals surface area (Å²) in [4.78, 5) is 0. The highest BCUT2D eigenvalue weighted by Crippen LogP contribution is 2.38. The van der Waals surface area contributed by atoms with Crippen LogP contribution in [0.15, 0.2) is 0 Å². The zero-order chi connectivity index (χ0) is 13.7. The number of nitrogens with one attached hydrogen (secondary N) is 1. The van der Waals surface area contributed by atoms with Crippen molar-refractivity contribution in [3.63, 3.8) is 0 Å². The molecule has 3 N–H and O–H groups in total. The first-order valence-electron chi connectivity index (χ1n) is 8.18. The summed E-state index contributed by atoms with van der Waals surface area (Å²) in [5, 5.41) is 22.6. The molecule has 0 radical (unpaired) electrons. The number of aliphatic hydroxyl groups excluding tert-OH is 2. The summed E-state index contributed by atoms with van der Waals surface area (Å²) >= 11 is 0. The minimum absolute atomic E-state index is 0.0113. The summed E-state index contributed by atoms with van der Waals surface area (Å²) < 4.78 is 0. The third-order valence-corrected chi connectivity index (χ3v) is 5.31. The van der Waals surface area contributed by atoms with E-state index in [0.717, 1.165) is 11.8 Å². The van der Waals surface area contributed by atoms with E-state index in [4.69, 9.17) is 0 Å². The van der Waals surface area contributed by atoms with Crippen LogP contribution in [0.2, 0.25) is 0 Å². The normalized spacial score (nSPS) is 30.5. The van der Waals surface area contributed by atoms with Crippen molar-refractivity contribution in [2.45, 2.75) is 76.3 Å². The number of hydrogen-bond donors (Lipinski definition) is 3. The molecule has 0 aliphatic heterocycles. The van der Waals surface area contributed by atoms with Crippen molar-refractivity contribution in [1.29, 1.82) is 0 Å². The molecule has 2 fully saturated rings. The molecule has 0 saturated heterocycles. The molecule has 19 heavy (non-hydrogen) atoms. The van der Waals surface area contributed by atoms with Gasteiger partial charge in [0.25, 0.3) is 0 Å². The second-order valence-electron chi connectivity index (χ2n) is 6.97. The van der Waals surface area contributed by atoms with E-state index >= 15 is 0 Å². The van der Waals surface area contributed by atoms with Gasteiger partial charge in [0.2, 0.25) is 0 Å². The maximum Gasteiger partial charge on any atom is 0.0633 e. The van der Waals surface area contributed by atoms with Crippen LogP contribution < -0.4 is 5.32 Å². The van der Waals surface area contributed by atoms with Crippen molar-refractivity contribution in [2.75, 3.05) is 13.2 Å². The Morgan fingerprint density at radius 1 is 0.895 bits per heavy atom. The molecule has 2 aliphatic carbocycles. The van der Waals surface area contributed by atoms with Crippen LogP contribution in [-0.2, 0) is 0 Å². The third-order valence-electron chi connectivity index (χ3n) is 5.31.